The van der Waals surface area contributed by atoms with Crippen LogP contribution in [0.5, 0.6) is 0 Å². The molecule has 0 N–H and O–H groups in total. The molecule has 0 fully saturated rings. The number of para-hydroxylation sites is 1. The Labute approximate surface area is 90.9 Å². The molecule has 0 amide bonds. The van der Waals surface area contributed by atoms with Crippen LogP contribution in [0.2, 0.25) is 0 Å². The van der Waals surface area contributed by atoms with Gasteiger partial charge in [-0.15, -0.1) is 0 Å². The molecule has 2 heteroatoms. The Balaban J connectivity index is 0.000000342. The Hall–Kier alpha value is -1.57. The van der Waals surface area contributed by atoms with E-state index < -0.39 is 0 Å². The Kier molecular flexibility index (Phi) is 6.98. The number of benzene rings is 1. The van der Waals surface area contributed by atoms with Crippen LogP contribution in [0.15, 0.2) is 34.7 Å². The Bertz CT molecular complexity index is 355. The van der Waals surface area contributed by atoms with Gasteiger partial charge in [0.25, 0.3) is 0 Å². The lowest BCUT2D eigenvalue weighted by Gasteiger charge is -1.82. The normalized spacial score (nSPS) is 8.27. The van der Waals surface area contributed by atoms with Crippen molar-refractivity contribution in [2.45, 2.75) is 27.7 Å². The number of carbonyl (C=O) groups excluding carboxylic acids is 1. The maximum absolute atomic E-state index is 8.81. The summed E-state index contributed by atoms with van der Waals surface area (Å²) < 4.78 is 5.37. The Morgan fingerprint density at radius 2 is 1.73 bits per heavy atom. The van der Waals surface area contributed by atoms with Gasteiger partial charge in [-0.3, -0.25) is 0 Å². The molecule has 0 saturated heterocycles. The van der Waals surface area contributed by atoms with Gasteiger partial charge in [0.2, 0.25) is 0 Å². The standard InChI is InChI=1S/C9H8O.C2H4O.C2H6/c1-7-6-8-4-2-3-5-9(8)10-7;1-2-3;1-2/h2-6H,1H3;2H,1H3;1-2H3. The first kappa shape index (κ1) is 13.4. The molecule has 1 aromatic carbocycles. The van der Waals surface area contributed by atoms with Crippen LogP contribution >= 0.6 is 0 Å². The average molecular weight is 206 g/mol. The van der Waals surface area contributed by atoms with E-state index in [0.29, 0.717) is 0 Å². The van der Waals surface area contributed by atoms with E-state index in [0.717, 1.165) is 17.6 Å². The number of aldehydes is 1. The zero-order valence-electron chi connectivity index (χ0n) is 9.78. The van der Waals surface area contributed by atoms with E-state index >= 15 is 0 Å². The predicted octanol–water partition coefficient (Wildman–Crippen LogP) is 3.97. The van der Waals surface area contributed by atoms with Crippen molar-refractivity contribution >= 4 is 17.3 Å². The molecule has 2 aromatic rings. The molecule has 0 atom stereocenters. The SMILES string of the molecule is CC.CC=O.Cc1cc2ccccc2o1. The quantitative estimate of drug-likeness (QED) is 0.610. The van der Waals surface area contributed by atoms with E-state index in [1.165, 1.54) is 12.3 Å². The Morgan fingerprint density at radius 3 is 2.27 bits per heavy atom. The number of carbonyl (C=O) groups is 1. The molecular weight excluding hydrogens is 188 g/mol. The molecule has 82 valence electrons. The number of aryl methyl sites for hydroxylation is 1. The highest BCUT2D eigenvalue weighted by Crippen LogP contribution is 2.17. The number of hydrogen-bond donors (Lipinski definition) is 0. The summed E-state index contributed by atoms with van der Waals surface area (Å²) >= 11 is 0. The fourth-order valence-electron chi connectivity index (χ4n) is 1.11. The predicted molar refractivity (Wildman–Crippen MR) is 64.0 cm³/mol. The smallest absolute Gasteiger partial charge is 0.134 e. The van der Waals surface area contributed by atoms with Crippen LogP contribution < -0.4 is 0 Å². The van der Waals surface area contributed by atoms with Crippen LogP contribution in [0.3, 0.4) is 0 Å². The van der Waals surface area contributed by atoms with Crippen molar-refractivity contribution in [2.75, 3.05) is 0 Å². The van der Waals surface area contributed by atoms with E-state index in [-0.39, 0.29) is 0 Å². The van der Waals surface area contributed by atoms with Crippen LogP contribution in [-0.4, -0.2) is 6.29 Å². The fraction of sp³-hybridized carbons (Fsp3) is 0.308. The minimum atomic E-state index is 0.750. The topological polar surface area (TPSA) is 30.2 Å². The lowest BCUT2D eigenvalue weighted by molar-refractivity contribution is -0.106. The first-order chi connectivity index (χ1) is 7.27. The molecule has 0 spiro atoms. The second-order valence-corrected chi connectivity index (χ2v) is 2.63. The summed E-state index contributed by atoms with van der Waals surface area (Å²) in [5.74, 6) is 0.973. The summed E-state index contributed by atoms with van der Waals surface area (Å²) in [6, 6.07) is 10.0. The summed E-state index contributed by atoms with van der Waals surface area (Å²) in [5, 5.41) is 1.18. The average Bonchev–Trinajstić information content (AvgIpc) is 2.62. The van der Waals surface area contributed by atoms with Crippen molar-refractivity contribution < 1.29 is 9.21 Å². The summed E-state index contributed by atoms with van der Waals surface area (Å²) in [5.41, 5.74) is 0.972. The van der Waals surface area contributed by atoms with Gasteiger partial charge in [0.1, 0.15) is 17.6 Å². The molecule has 0 unspecified atom stereocenters. The summed E-state index contributed by atoms with van der Waals surface area (Å²) in [6.07, 6.45) is 0.750. The summed E-state index contributed by atoms with van der Waals surface area (Å²) in [6.45, 7) is 7.40. The highest BCUT2D eigenvalue weighted by atomic mass is 16.3. The van der Waals surface area contributed by atoms with Crippen molar-refractivity contribution in [3.8, 4) is 0 Å². The van der Waals surface area contributed by atoms with Gasteiger partial charge in [0, 0.05) is 5.39 Å². The summed E-state index contributed by atoms with van der Waals surface area (Å²) in [7, 11) is 0. The number of hydrogen-bond acceptors (Lipinski definition) is 2. The number of fused-ring (bicyclic) bond motifs is 1. The number of furan rings is 1. The van der Waals surface area contributed by atoms with Crippen LogP contribution in [0.4, 0.5) is 0 Å². The minimum Gasteiger partial charge on any atom is -0.461 e. The molecule has 2 rings (SSSR count). The molecule has 0 aliphatic carbocycles. The van der Waals surface area contributed by atoms with Crippen LogP contribution in [0.1, 0.15) is 26.5 Å². The highest BCUT2D eigenvalue weighted by molar-refractivity contribution is 5.77. The second-order valence-electron chi connectivity index (χ2n) is 2.63. The van der Waals surface area contributed by atoms with E-state index in [1.54, 1.807) is 0 Å². The van der Waals surface area contributed by atoms with Gasteiger partial charge in [-0.1, -0.05) is 32.0 Å². The van der Waals surface area contributed by atoms with Crippen LogP contribution in [-0.2, 0) is 4.79 Å². The molecule has 1 aromatic heterocycles. The third-order valence-corrected chi connectivity index (χ3v) is 1.55. The van der Waals surface area contributed by atoms with Gasteiger partial charge < -0.3 is 9.21 Å². The van der Waals surface area contributed by atoms with Crippen molar-refractivity contribution in [3.05, 3.63) is 36.1 Å². The lowest BCUT2D eigenvalue weighted by Crippen LogP contribution is -1.57. The zero-order valence-corrected chi connectivity index (χ0v) is 9.78. The number of rotatable bonds is 0. The first-order valence-corrected chi connectivity index (χ1v) is 5.13. The van der Waals surface area contributed by atoms with Crippen molar-refractivity contribution in [3.63, 3.8) is 0 Å². The molecule has 0 saturated carbocycles. The fourth-order valence-corrected chi connectivity index (χ4v) is 1.11. The van der Waals surface area contributed by atoms with Gasteiger partial charge in [0.05, 0.1) is 0 Å². The van der Waals surface area contributed by atoms with E-state index in [2.05, 4.69) is 0 Å². The van der Waals surface area contributed by atoms with E-state index in [1.807, 2.05) is 51.1 Å². The van der Waals surface area contributed by atoms with E-state index in [4.69, 9.17) is 9.21 Å². The van der Waals surface area contributed by atoms with Crippen molar-refractivity contribution in [1.29, 1.82) is 0 Å². The van der Waals surface area contributed by atoms with Gasteiger partial charge in [0.15, 0.2) is 0 Å². The van der Waals surface area contributed by atoms with Gasteiger partial charge in [-0.05, 0) is 26.0 Å². The molecule has 0 radical (unpaired) electrons. The minimum absolute atomic E-state index is 0.750. The lowest BCUT2D eigenvalue weighted by atomic mass is 10.2. The summed E-state index contributed by atoms with van der Waals surface area (Å²) in [4.78, 5) is 8.81. The van der Waals surface area contributed by atoms with Crippen molar-refractivity contribution in [2.24, 2.45) is 0 Å². The van der Waals surface area contributed by atoms with Crippen LogP contribution in [0.25, 0.3) is 11.0 Å². The highest BCUT2D eigenvalue weighted by Gasteiger charge is 1.95. The third-order valence-electron chi connectivity index (χ3n) is 1.55. The van der Waals surface area contributed by atoms with Gasteiger partial charge in [-0.25, -0.2) is 0 Å². The van der Waals surface area contributed by atoms with Crippen molar-refractivity contribution in [1.82, 2.24) is 0 Å². The maximum Gasteiger partial charge on any atom is 0.134 e. The zero-order chi connectivity index (χ0) is 11.7. The third kappa shape index (κ3) is 4.45. The van der Waals surface area contributed by atoms with E-state index in [9.17, 15) is 0 Å². The molecule has 0 aliphatic heterocycles. The second kappa shape index (κ2) is 7.80. The molecule has 0 aliphatic rings. The first-order valence-electron chi connectivity index (χ1n) is 5.13. The largest absolute Gasteiger partial charge is 0.461 e. The van der Waals surface area contributed by atoms with Gasteiger partial charge >= 0.3 is 0 Å². The van der Waals surface area contributed by atoms with Gasteiger partial charge in [-0.2, -0.15) is 0 Å². The molecule has 2 nitrogen and oxygen atoms in total. The van der Waals surface area contributed by atoms with Crippen LogP contribution in [0, 0.1) is 6.92 Å². The molecule has 15 heavy (non-hydrogen) atoms. The molecule has 1 heterocycles. The maximum atomic E-state index is 8.81. The Morgan fingerprint density at radius 1 is 1.20 bits per heavy atom. The molecule has 0 bridgehead atoms. The molecular formula is C13H18O2. The monoisotopic (exact) mass is 206 g/mol.